The topological polar surface area (TPSA) is 115 Å². The Hall–Kier alpha value is -1.67. The monoisotopic (exact) mass is 279 g/mol. The molecular weight excluding hydrogens is 274 g/mol. The van der Waals surface area contributed by atoms with Crippen molar-refractivity contribution >= 4 is 33.1 Å². The second-order valence-corrected chi connectivity index (χ2v) is 5.53. The van der Waals surface area contributed by atoms with Crippen LogP contribution in [0.2, 0.25) is 5.02 Å². The van der Waals surface area contributed by atoms with Crippen molar-refractivity contribution in [3.63, 3.8) is 0 Å². The molecule has 0 heterocycles. The second-order valence-electron chi connectivity index (χ2n) is 3.13. The molecule has 17 heavy (non-hydrogen) atoms. The minimum atomic E-state index is -3.90. The van der Waals surface area contributed by atoms with Crippen LogP contribution < -0.4 is 0 Å². The van der Waals surface area contributed by atoms with E-state index < -0.39 is 41.9 Å². The average molecular weight is 280 g/mol. The van der Waals surface area contributed by atoms with Gasteiger partial charge >= 0.3 is 5.97 Å². The number of halogens is 1. The van der Waals surface area contributed by atoms with Crippen molar-refractivity contribution in [3.8, 4) is 0 Å². The zero-order valence-corrected chi connectivity index (χ0v) is 9.95. The van der Waals surface area contributed by atoms with Gasteiger partial charge in [0.05, 0.1) is 15.4 Å². The highest BCUT2D eigenvalue weighted by Gasteiger charge is 2.25. The average Bonchev–Trinajstić information content (AvgIpc) is 2.14. The molecule has 0 spiro atoms. The van der Waals surface area contributed by atoms with Crippen molar-refractivity contribution in [2.45, 2.75) is 4.90 Å². The fourth-order valence-electron chi connectivity index (χ4n) is 1.16. The van der Waals surface area contributed by atoms with Gasteiger partial charge in [0.1, 0.15) is 5.02 Å². The first kappa shape index (κ1) is 13.4. The summed E-state index contributed by atoms with van der Waals surface area (Å²) in [6.45, 7) is 0. The predicted octanol–water partition coefficient (Wildman–Crippen LogP) is 1.35. The van der Waals surface area contributed by atoms with Gasteiger partial charge in [0.25, 0.3) is 5.69 Å². The van der Waals surface area contributed by atoms with Crippen LogP contribution in [0.5, 0.6) is 0 Å². The van der Waals surface area contributed by atoms with Crippen molar-refractivity contribution in [1.29, 1.82) is 0 Å². The number of carboxylic acids is 1. The Bertz CT molecular complexity index is 609. The van der Waals surface area contributed by atoms with Gasteiger partial charge in [-0.1, -0.05) is 11.6 Å². The first-order valence-electron chi connectivity index (χ1n) is 4.06. The molecule has 1 N–H and O–H groups in total. The lowest BCUT2D eigenvalue weighted by molar-refractivity contribution is -0.384. The molecule has 92 valence electrons. The van der Waals surface area contributed by atoms with E-state index >= 15 is 0 Å². The lowest BCUT2D eigenvalue weighted by atomic mass is 10.2. The molecule has 0 unspecified atom stereocenters. The molecular formula is C8H6ClNO6S. The molecule has 0 bridgehead atoms. The summed E-state index contributed by atoms with van der Waals surface area (Å²) in [5.74, 6) is -1.53. The lowest BCUT2D eigenvalue weighted by Crippen LogP contribution is -2.08. The summed E-state index contributed by atoms with van der Waals surface area (Å²) in [7, 11) is -3.90. The highest BCUT2D eigenvalue weighted by molar-refractivity contribution is 7.90. The molecule has 0 aromatic heterocycles. The van der Waals surface area contributed by atoms with E-state index in [-0.39, 0.29) is 0 Å². The Morgan fingerprint density at radius 3 is 2.35 bits per heavy atom. The van der Waals surface area contributed by atoms with Crippen LogP contribution in [-0.2, 0) is 9.84 Å². The molecule has 7 nitrogen and oxygen atoms in total. The predicted molar refractivity (Wildman–Crippen MR) is 58.2 cm³/mol. The quantitative estimate of drug-likeness (QED) is 0.659. The number of hydrogen-bond donors (Lipinski definition) is 1. The van der Waals surface area contributed by atoms with Gasteiger partial charge in [0.2, 0.25) is 0 Å². The second kappa shape index (κ2) is 4.30. The smallest absolute Gasteiger partial charge is 0.337 e. The number of aromatic carboxylic acids is 1. The number of carboxylic acid groups (broad SMARTS) is 1. The Morgan fingerprint density at radius 2 is 2.00 bits per heavy atom. The lowest BCUT2D eigenvalue weighted by Gasteiger charge is -2.05. The largest absolute Gasteiger partial charge is 0.478 e. The standard InChI is InChI=1S/C8H6ClNO6S/c1-17(15,16)7-3-6(10(13)14)5(9)2-4(7)8(11)12/h2-3H,1H3,(H,11,12). The molecule has 0 atom stereocenters. The third-order valence-electron chi connectivity index (χ3n) is 1.88. The van der Waals surface area contributed by atoms with Gasteiger partial charge in [0, 0.05) is 12.3 Å². The fourth-order valence-corrected chi connectivity index (χ4v) is 2.26. The van der Waals surface area contributed by atoms with Gasteiger partial charge in [-0.05, 0) is 6.07 Å². The molecule has 0 amide bonds. The number of nitro benzene ring substituents is 1. The summed E-state index contributed by atoms with van der Waals surface area (Å²) < 4.78 is 22.6. The van der Waals surface area contributed by atoms with Crippen LogP contribution in [0.25, 0.3) is 0 Å². The molecule has 1 aromatic rings. The van der Waals surface area contributed by atoms with Crippen molar-refractivity contribution in [2.75, 3.05) is 6.26 Å². The third kappa shape index (κ3) is 2.71. The molecule has 0 fully saturated rings. The molecule has 9 heteroatoms. The number of carbonyl (C=O) groups is 1. The minimum absolute atomic E-state index is 0.431. The van der Waals surface area contributed by atoms with Gasteiger partial charge < -0.3 is 5.11 Å². The van der Waals surface area contributed by atoms with Crippen molar-refractivity contribution in [3.05, 3.63) is 32.8 Å². The van der Waals surface area contributed by atoms with Crippen molar-refractivity contribution in [2.24, 2.45) is 0 Å². The van der Waals surface area contributed by atoms with Crippen LogP contribution in [0.4, 0.5) is 5.69 Å². The molecule has 1 aromatic carbocycles. The summed E-state index contributed by atoms with van der Waals surface area (Å²) in [6, 6.07) is 1.39. The van der Waals surface area contributed by atoms with Crippen LogP contribution in [0.3, 0.4) is 0 Å². The Labute approximate surface area is 101 Å². The van der Waals surface area contributed by atoms with E-state index in [1.54, 1.807) is 0 Å². The summed E-state index contributed by atoms with van der Waals surface area (Å²) in [4.78, 5) is 19.8. The molecule has 0 aliphatic carbocycles. The van der Waals surface area contributed by atoms with Gasteiger partial charge in [-0.2, -0.15) is 0 Å². The maximum Gasteiger partial charge on any atom is 0.337 e. The Kier molecular flexibility index (Phi) is 3.39. The fraction of sp³-hybridized carbons (Fsp3) is 0.125. The zero-order valence-electron chi connectivity index (χ0n) is 8.38. The Balaban J connectivity index is 3.72. The highest BCUT2D eigenvalue weighted by atomic mass is 35.5. The van der Waals surface area contributed by atoms with Crippen LogP contribution in [0, 0.1) is 10.1 Å². The molecule has 1 rings (SSSR count). The van der Waals surface area contributed by atoms with E-state index in [0.717, 1.165) is 12.3 Å². The van der Waals surface area contributed by atoms with E-state index in [0.29, 0.717) is 6.07 Å². The first-order valence-corrected chi connectivity index (χ1v) is 6.33. The molecule has 0 saturated heterocycles. The number of sulfone groups is 1. The van der Waals surface area contributed by atoms with E-state index in [9.17, 15) is 23.3 Å². The maximum absolute atomic E-state index is 11.3. The van der Waals surface area contributed by atoms with Gasteiger partial charge in [-0.15, -0.1) is 0 Å². The molecule has 0 radical (unpaired) electrons. The van der Waals surface area contributed by atoms with Crippen molar-refractivity contribution < 1.29 is 23.2 Å². The van der Waals surface area contributed by atoms with Crippen LogP contribution in [0.1, 0.15) is 10.4 Å². The normalized spacial score (nSPS) is 11.2. The van der Waals surface area contributed by atoms with Crippen LogP contribution >= 0.6 is 11.6 Å². The summed E-state index contributed by atoms with van der Waals surface area (Å²) >= 11 is 5.49. The number of rotatable bonds is 3. The summed E-state index contributed by atoms with van der Waals surface area (Å²) in [5, 5.41) is 18.9. The molecule has 0 aliphatic rings. The van der Waals surface area contributed by atoms with E-state index in [1.807, 2.05) is 0 Å². The summed E-state index contributed by atoms with van der Waals surface area (Å²) in [6.07, 6.45) is 0.756. The first-order chi connectivity index (χ1) is 7.64. The number of nitro groups is 1. The van der Waals surface area contributed by atoms with Gasteiger partial charge in [0.15, 0.2) is 9.84 Å². The van der Waals surface area contributed by atoms with Gasteiger partial charge in [-0.3, -0.25) is 10.1 Å². The maximum atomic E-state index is 11.3. The van der Waals surface area contributed by atoms with Crippen LogP contribution in [-0.4, -0.2) is 30.7 Å². The minimum Gasteiger partial charge on any atom is -0.478 e. The highest BCUT2D eigenvalue weighted by Crippen LogP contribution is 2.30. The number of nitrogens with zero attached hydrogens (tertiary/aromatic N) is 1. The SMILES string of the molecule is CS(=O)(=O)c1cc([N+](=O)[O-])c(Cl)cc1C(=O)O. The van der Waals surface area contributed by atoms with E-state index in [4.69, 9.17) is 16.7 Å². The zero-order chi connectivity index (χ0) is 13.4. The van der Waals surface area contributed by atoms with Crippen molar-refractivity contribution in [1.82, 2.24) is 0 Å². The number of benzene rings is 1. The van der Waals surface area contributed by atoms with Gasteiger partial charge in [-0.25, -0.2) is 13.2 Å². The third-order valence-corrected chi connectivity index (χ3v) is 3.32. The van der Waals surface area contributed by atoms with E-state index in [2.05, 4.69) is 0 Å². The summed E-state index contributed by atoms with van der Waals surface area (Å²) in [5.41, 5.74) is -1.25. The Morgan fingerprint density at radius 1 is 1.47 bits per heavy atom. The van der Waals surface area contributed by atoms with E-state index in [1.165, 1.54) is 0 Å². The molecule has 0 saturated carbocycles. The van der Waals surface area contributed by atoms with Crippen LogP contribution in [0.15, 0.2) is 17.0 Å². The molecule has 0 aliphatic heterocycles. The number of hydrogen-bond acceptors (Lipinski definition) is 5.